The fourth-order valence-corrected chi connectivity index (χ4v) is 2.13. The van der Waals surface area contributed by atoms with E-state index >= 15 is 0 Å². The second-order valence-corrected chi connectivity index (χ2v) is 5.23. The van der Waals surface area contributed by atoms with Crippen molar-refractivity contribution in [3.05, 3.63) is 69.7 Å². The van der Waals surface area contributed by atoms with E-state index in [2.05, 4.69) is 21.2 Å². The van der Waals surface area contributed by atoms with Gasteiger partial charge in [0.15, 0.2) is 0 Å². The van der Waals surface area contributed by atoms with Crippen LogP contribution in [0.1, 0.15) is 28.9 Å². The maximum atomic E-state index is 13.1. The highest BCUT2D eigenvalue weighted by Gasteiger charge is 2.12. The van der Waals surface area contributed by atoms with Gasteiger partial charge in [0.25, 0.3) is 5.91 Å². The van der Waals surface area contributed by atoms with Gasteiger partial charge in [-0.25, -0.2) is 8.78 Å². The van der Waals surface area contributed by atoms with Crippen molar-refractivity contribution in [2.24, 2.45) is 0 Å². The molecule has 2 rings (SSSR count). The van der Waals surface area contributed by atoms with Crippen LogP contribution in [0, 0.1) is 11.6 Å². The van der Waals surface area contributed by atoms with Crippen LogP contribution in [0.3, 0.4) is 0 Å². The molecule has 0 saturated carbocycles. The molecule has 0 spiro atoms. The van der Waals surface area contributed by atoms with Crippen LogP contribution in [-0.4, -0.2) is 5.91 Å². The van der Waals surface area contributed by atoms with Gasteiger partial charge in [-0.05, 0) is 58.7 Å². The number of hydrogen-bond donors (Lipinski definition) is 1. The number of nitrogens with one attached hydrogen (secondary N) is 1. The Labute approximate surface area is 123 Å². The van der Waals surface area contributed by atoms with Crippen molar-refractivity contribution in [2.45, 2.75) is 13.0 Å². The normalized spacial score (nSPS) is 12.0. The summed E-state index contributed by atoms with van der Waals surface area (Å²) < 4.78 is 26.2. The second-order valence-electron chi connectivity index (χ2n) is 4.38. The van der Waals surface area contributed by atoms with Gasteiger partial charge in [0.05, 0.1) is 10.5 Å². The van der Waals surface area contributed by atoms with Crippen LogP contribution in [0.2, 0.25) is 0 Å². The van der Waals surface area contributed by atoms with Crippen LogP contribution in [0.5, 0.6) is 0 Å². The summed E-state index contributed by atoms with van der Waals surface area (Å²) in [6.07, 6.45) is 0. The summed E-state index contributed by atoms with van der Waals surface area (Å²) in [6.45, 7) is 1.80. The molecule has 1 amide bonds. The summed E-state index contributed by atoms with van der Waals surface area (Å²) in [5.74, 6) is -1.06. The zero-order valence-corrected chi connectivity index (χ0v) is 12.2. The van der Waals surface area contributed by atoms with Gasteiger partial charge in [0, 0.05) is 5.56 Å². The third kappa shape index (κ3) is 3.42. The molecule has 0 aliphatic heterocycles. The van der Waals surface area contributed by atoms with Crippen molar-refractivity contribution >= 4 is 21.8 Å². The molecule has 0 fully saturated rings. The molecule has 0 saturated heterocycles. The van der Waals surface area contributed by atoms with E-state index in [1.54, 1.807) is 19.1 Å². The molecule has 2 nitrogen and oxygen atoms in total. The van der Waals surface area contributed by atoms with E-state index in [1.165, 1.54) is 30.3 Å². The largest absolute Gasteiger partial charge is 0.346 e. The van der Waals surface area contributed by atoms with Crippen LogP contribution in [0.25, 0.3) is 0 Å². The molecule has 0 aliphatic rings. The smallest absolute Gasteiger partial charge is 0.251 e. The summed E-state index contributed by atoms with van der Waals surface area (Å²) in [4.78, 5) is 12.0. The molecule has 0 bridgehead atoms. The van der Waals surface area contributed by atoms with Crippen LogP contribution >= 0.6 is 15.9 Å². The molecular weight excluding hydrogens is 328 g/mol. The predicted octanol–water partition coefficient (Wildman–Crippen LogP) is 4.22. The zero-order valence-electron chi connectivity index (χ0n) is 10.7. The molecule has 0 heterocycles. The number of carbonyl (C=O) groups is 1. The molecule has 2 aromatic carbocycles. The van der Waals surface area contributed by atoms with E-state index in [1.807, 2.05) is 0 Å². The van der Waals surface area contributed by atoms with Crippen molar-refractivity contribution in [1.82, 2.24) is 5.32 Å². The Morgan fingerprint density at radius 2 is 1.80 bits per heavy atom. The molecule has 0 radical (unpaired) electrons. The first-order valence-corrected chi connectivity index (χ1v) is 6.78. The zero-order chi connectivity index (χ0) is 14.7. The van der Waals surface area contributed by atoms with Gasteiger partial charge in [-0.2, -0.15) is 0 Å². The summed E-state index contributed by atoms with van der Waals surface area (Å²) >= 11 is 3.04. The number of hydrogen-bond acceptors (Lipinski definition) is 1. The number of rotatable bonds is 3. The molecule has 0 aromatic heterocycles. The lowest BCUT2D eigenvalue weighted by molar-refractivity contribution is 0.0940. The van der Waals surface area contributed by atoms with Gasteiger partial charge >= 0.3 is 0 Å². The van der Waals surface area contributed by atoms with Gasteiger partial charge < -0.3 is 5.32 Å². The molecule has 2 aromatic rings. The van der Waals surface area contributed by atoms with Gasteiger partial charge in [-0.15, -0.1) is 0 Å². The topological polar surface area (TPSA) is 29.1 Å². The lowest BCUT2D eigenvalue weighted by Gasteiger charge is -2.14. The van der Waals surface area contributed by atoms with Crippen molar-refractivity contribution in [2.75, 3.05) is 0 Å². The number of benzene rings is 2. The molecule has 1 unspecified atom stereocenters. The predicted molar refractivity (Wildman–Crippen MR) is 76.4 cm³/mol. The lowest BCUT2D eigenvalue weighted by atomic mass is 10.1. The van der Waals surface area contributed by atoms with Crippen LogP contribution in [-0.2, 0) is 0 Å². The fraction of sp³-hybridized carbons (Fsp3) is 0.133. The monoisotopic (exact) mass is 339 g/mol. The van der Waals surface area contributed by atoms with E-state index in [0.717, 1.165) is 5.56 Å². The third-order valence-electron chi connectivity index (χ3n) is 2.90. The molecule has 1 N–H and O–H groups in total. The van der Waals surface area contributed by atoms with E-state index < -0.39 is 5.82 Å². The van der Waals surface area contributed by atoms with E-state index in [0.29, 0.717) is 5.56 Å². The molecular formula is C15H12BrF2NO. The second kappa shape index (κ2) is 6.13. The molecule has 0 aliphatic carbocycles. The Kier molecular flexibility index (Phi) is 4.49. The lowest BCUT2D eigenvalue weighted by Crippen LogP contribution is -2.26. The highest BCUT2D eigenvalue weighted by molar-refractivity contribution is 9.10. The SMILES string of the molecule is CC(NC(=O)c1ccc(F)c(Br)c1)c1ccc(F)cc1. The quantitative estimate of drug-likeness (QED) is 0.891. The van der Waals surface area contributed by atoms with Gasteiger partial charge in [0.1, 0.15) is 11.6 Å². The van der Waals surface area contributed by atoms with Crippen molar-refractivity contribution in [3.8, 4) is 0 Å². The minimum Gasteiger partial charge on any atom is -0.346 e. The first-order valence-electron chi connectivity index (χ1n) is 5.99. The Morgan fingerprint density at radius 3 is 2.40 bits per heavy atom. The summed E-state index contributed by atoms with van der Waals surface area (Å²) in [5, 5.41) is 2.77. The Balaban J connectivity index is 2.10. The number of carbonyl (C=O) groups excluding carboxylic acids is 1. The average Bonchev–Trinajstić information content (AvgIpc) is 2.42. The average molecular weight is 340 g/mol. The van der Waals surface area contributed by atoms with Crippen molar-refractivity contribution in [3.63, 3.8) is 0 Å². The molecule has 20 heavy (non-hydrogen) atoms. The first-order chi connectivity index (χ1) is 9.47. The maximum absolute atomic E-state index is 13.1. The van der Waals surface area contributed by atoms with Crippen molar-refractivity contribution < 1.29 is 13.6 Å². The molecule has 5 heteroatoms. The third-order valence-corrected chi connectivity index (χ3v) is 3.51. The van der Waals surface area contributed by atoms with E-state index in [9.17, 15) is 13.6 Å². The molecule has 1 atom stereocenters. The standard InChI is InChI=1S/C15H12BrF2NO/c1-9(10-2-5-12(17)6-3-10)19-15(20)11-4-7-14(18)13(16)8-11/h2-9H,1H3,(H,19,20). The molecule has 104 valence electrons. The minimum atomic E-state index is -0.423. The van der Waals surface area contributed by atoms with Crippen LogP contribution in [0.4, 0.5) is 8.78 Å². The number of amides is 1. The van der Waals surface area contributed by atoms with E-state index in [4.69, 9.17) is 0 Å². The summed E-state index contributed by atoms with van der Waals surface area (Å²) in [7, 11) is 0. The van der Waals surface area contributed by atoms with E-state index in [-0.39, 0.29) is 22.2 Å². The maximum Gasteiger partial charge on any atom is 0.251 e. The van der Waals surface area contributed by atoms with Gasteiger partial charge in [-0.3, -0.25) is 4.79 Å². The Morgan fingerprint density at radius 1 is 1.15 bits per heavy atom. The highest BCUT2D eigenvalue weighted by Crippen LogP contribution is 2.18. The van der Waals surface area contributed by atoms with Crippen molar-refractivity contribution in [1.29, 1.82) is 0 Å². The van der Waals surface area contributed by atoms with Crippen LogP contribution < -0.4 is 5.32 Å². The Bertz CT molecular complexity index is 628. The highest BCUT2D eigenvalue weighted by atomic mass is 79.9. The van der Waals surface area contributed by atoms with Gasteiger partial charge in [0.2, 0.25) is 0 Å². The minimum absolute atomic E-state index is 0.236. The van der Waals surface area contributed by atoms with Gasteiger partial charge in [-0.1, -0.05) is 12.1 Å². The fourth-order valence-electron chi connectivity index (χ4n) is 1.75. The summed E-state index contributed by atoms with van der Waals surface area (Å²) in [6, 6.07) is 9.68. The Hall–Kier alpha value is -1.75. The first kappa shape index (κ1) is 14.7. The van der Waals surface area contributed by atoms with Crippen LogP contribution in [0.15, 0.2) is 46.9 Å². The number of halogens is 3. The summed E-state index contributed by atoms with van der Waals surface area (Å²) in [5.41, 5.74) is 1.15.